The number of hydrogen-bond acceptors (Lipinski definition) is 5. The highest BCUT2D eigenvalue weighted by atomic mass is 32.1. The average molecular weight is 277 g/mol. The van der Waals surface area contributed by atoms with Crippen LogP contribution in [0.5, 0.6) is 5.75 Å². The number of carbonyl (C=O) groups is 1. The monoisotopic (exact) mass is 277 g/mol. The van der Waals surface area contributed by atoms with Crippen LogP contribution in [0.15, 0.2) is 23.6 Å². The third-order valence-electron chi connectivity index (χ3n) is 2.60. The van der Waals surface area contributed by atoms with Gasteiger partial charge in [-0.05, 0) is 19.1 Å². The number of benzene rings is 1. The molecule has 1 amide bonds. The predicted octanol–water partition coefficient (Wildman–Crippen LogP) is 1.97. The Balaban J connectivity index is 2.08. The number of amides is 1. The summed E-state index contributed by atoms with van der Waals surface area (Å²) in [6.45, 7) is 2.32. The van der Waals surface area contributed by atoms with Gasteiger partial charge in [-0.2, -0.15) is 0 Å². The summed E-state index contributed by atoms with van der Waals surface area (Å²) >= 11 is 1.52. The molecule has 0 unspecified atom stereocenters. The lowest BCUT2D eigenvalue weighted by Gasteiger charge is -2.09. The zero-order valence-corrected chi connectivity index (χ0v) is 11.6. The van der Waals surface area contributed by atoms with E-state index >= 15 is 0 Å². The number of anilines is 1. The highest BCUT2D eigenvalue weighted by Gasteiger charge is 2.13. The van der Waals surface area contributed by atoms with Gasteiger partial charge < -0.3 is 15.8 Å². The Kier molecular flexibility index (Phi) is 4.01. The van der Waals surface area contributed by atoms with Crippen LogP contribution in [0, 0.1) is 6.92 Å². The predicted molar refractivity (Wildman–Crippen MR) is 75.4 cm³/mol. The molecule has 0 saturated carbocycles. The Labute approximate surface area is 115 Å². The van der Waals surface area contributed by atoms with Gasteiger partial charge >= 0.3 is 0 Å². The number of rotatable bonds is 4. The van der Waals surface area contributed by atoms with Crippen molar-refractivity contribution in [2.24, 2.45) is 0 Å². The minimum Gasteiger partial charge on any atom is -0.495 e. The van der Waals surface area contributed by atoms with E-state index in [9.17, 15) is 4.79 Å². The average Bonchev–Trinajstić information content (AvgIpc) is 2.82. The van der Waals surface area contributed by atoms with E-state index in [1.165, 1.54) is 18.4 Å². The molecule has 2 aromatic rings. The van der Waals surface area contributed by atoms with Gasteiger partial charge in [0.2, 0.25) is 0 Å². The van der Waals surface area contributed by atoms with E-state index in [4.69, 9.17) is 10.5 Å². The number of nitrogen functional groups attached to an aromatic ring is 1. The highest BCUT2D eigenvalue weighted by molar-refractivity contribution is 7.09. The Morgan fingerprint density at radius 2 is 2.32 bits per heavy atom. The SMILES string of the molecule is COc1cccc(C(=O)NCc2nc(C)cs2)c1N. The lowest BCUT2D eigenvalue weighted by atomic mass is 10.1. The van der Waals surface area contributed by atoms with Crippen LogP contribution in [0.3, 0.4) is 0 Å². The molecule has 1 aromatic heterocycles. The van der Waals surface area contributed by atoms with Gasteiger partial charge in [0.1, 0.15) is 10.8 Å². The molecule has 0 atom stereocenters. The molecule has 5 nitrogen and oxygen atoms in total. The third kappa shape index (κ3) is 3.03. The van der Waals surface area contributed by atoms with Crippen LogP contribution in [-0.2, 0) is 6.54 Å². The number of aryl methyl sites for hydroxylation is 1. The largest absolute Gasteiger partial charge is 0.495 e. The zero-order chi connectivity index (χ0) is 13.8. The summed E-state index contributed by atoms with van der Waals surface area (Å²) in [7, 11) is 1.52. The maximum atomic E-state index is 12.0. The molecule has 6 heteroatoms. The van der Waals surface area contributed by atoms with Crippen molar-refractivity contribution < 1.29 is 9.53 Å². The Morgan fingerprint density at radius 1 is 1.53 bits per heavy atom. The summed E-state index contributed by atoms with van der Waals surface area (Å²) in [4.78, 5) is 16.3. The standard InChI is InChI=1S/C13H15N3O2S/c1-8-7-19-11(16-8)6-15-13(17)9-4-3-5-10(18-2)12(9)14/h3-5,7H,6,14H2,1-2H3,(H,15,17). The van der Waals surface area contributed by atoms with Crippen molar-refractivity contribution in [2.45, 2.75) is 13.5 Å². The first kappa shape index (κ1) is 13.4. The number of hydrogen-bond donors (Lipinski definition) is 2. The van der Waals surface area contributed by atoms with Gasteiger partial charge in [0.25, 0.3) is 5.91 Å². The van der Waals surface area contributed by atoms with E-state index in [2.05, 4.69) is 10.3 Å². The first-order valence-corrected chi connectivity index (χ1v) is 6.61. The van der Waals surface area contributed by atoms with Crippen molar-refractivity contribution in [2.75, 3.05) is 12.8 Å². The van der Waals surface area contributed by atoms with E-state index in [-0.39, 0.29) is 5.91 Å². The molecule has 0 saturated heterocycles. The van der Waals surface area contributed by atoms with Crippen molar-refractivity contribution in [3.8, 4) is 5.75 Å². The lowest BCUT2D eigenvalue weighted by Crippen LogP contribution is -2.23. The molecule has 0 aliphatic heterocycles. The fourth-order valence-electron chi connectivity index (χ4n) is 1.66. The number of ether oxygens (including phenoxy) is 1. The van der Waals surface area contributed by atoms with Crippen LogP contribution < -0.4 is 15.8 Å². The number of para-hydroxylation sites is 1. The van der Waals surface area contributed by atoms with Gasteiger partial charge in [-0.15, -0.1) is 11.3 Å². The molecule has 0 aliphatic carbocycles. The molecule has 0 aliphatic rings. The van der Waals surface area contributed by atoms with Crippen molar-refractivity contribution in [3.05, 3.63) is 39.8 Å². The maximum Gasteiger partial charge on any atom is 0.253 e. The minimum absolute atomic E-state index is 0.232. The van der Waals surface area contributed by atoms with E-state index < -0.39 is 0 Å². The number of aromatic nitrogens is 1. The number of nitrogens with one attached hydrogen (secondary N) is 1. The number of thiazole rings is 1. The minimum atomic E-state index is -0.232. The molecule has 0 fully saturated rings. The normalized spacial score (nSPS) is 10.2. The summed E-state index contributed by atoms with van der Waals surface area (Å²) < 4.78 is 5.09. The van der Waals surface area contributed by atoms with Gasteiger partial charge in [0.05, 0.1) is 24.9 Å². The summed E-state index contributed by atoms with van der Waals surface area (Å²) in [6.07, 6.45) is 0. The molecule has 3 N–H and O–H groups in total. The molecule has 0 bridgehead atoms. The van der Waals surface area contributed by atoms with Crippen molar-refractivity contribution in [1.82, 2.24) is 10.3 Å². The van der Waals surface area contributed by atoms with Crippen LogP contribution in [0.4, 0.5) is 5.69 Å². The smallest absolute Gasteiger partial charge is 0.253 e. The Morgan fingerprint density at radius 3 is 2.95 bits per heavy atom. The summed E-state index contributed by atoms with van der Waals surface area (Å²) in [5, 5.41) is 5.61. The molecule has 0 radical (unpaired) electrons. The topological polar surface area (TPSA) is 77.2 Å². The number of carbonyl (C=O) groups excluding carboxylic acids is 1. The molecule has 1 heterocycles. The van der Waals surface area contributed by atoms with Gasteiger partial charge in [-0.1, -0.05) is 6.07 Å². The van der Waals surface area contributed by atoms with Crippen LogP contribution >= 0.6 is 11.3 Å². The third-order valence-corrected chi connectivity index (χ3v) is 3.56. The Hall–Kier alpha value is -2.08. The maximum absolute atomic E-state index is 12.0. The number of methoxy groups -OCH3 is 1. The van der Waals surface area contributed by atoms with Gasteiger partial charge in [0.15, 0.2) is 0 Å². The van der Waals surface area contributed by atoms with Crippen molar-refractivity contribution in [3.63, 3.8) is 0 Å². The van der Waals surface area contributed by atoms with Crippen LogP contribution in [-0.4, -0.2) is 18.0 Å². The van der Waals surface area contributed by atoms with Crippen LogP contribution in [0.25, 0.3) is 0 Å². The van der Waals surface area contributed by atoms with E-state index in [1.807, 2.05) is 12.3 Å². The first-order valence-electron chi connectivity index (χ1n) is 5.73. The quantitative estimate of drug-likeness (QED) is 0.838. The second-order valence-corrected chi connectivity index (χ2v) is 4.93. The molecular weight excluding hydrogens is 262 g/mol. The van der Waals surface area contributed by atoms with Gasteiger partial charge in [-0.25, -0.2) is 4.98 Å². The van der Waals surface area contributed by atoms with Gasteiger partial charge in [0, 0.05) is 11.1 Å². The van der Waals surface area contributed by atoms with E-state index in [0.29, 0.717) is 23.5 Å². The van der Waals surface area contributed by atoms with E-state index in [1.54, 1.807) is 18.2 Å². The van der Waals surface area contributed by atoms with Crippen LogP contribution in [0.2, 0.25) is 0 Å². The van der Waals surface area contributed by atoms with Crippen molar-refractivity contribution in [1.29, 1.82) is 0 Å². The fourth-order valence-corrected chi connectivity index (χ4v) is 2.37. The second kappa shape index (κ2) is 5.71. The zero-order valence-electron chi connectivity index (χ0n) is 10.8. The number of nitrogens with zero attached hydrogens (tertiary/aromatic N) is 1. The number of nitrogens with two attached hydrogens (primary N) is 1. The first-order chi connectivity index (χ1) is 9.11. The fraction of sp³-hybridized carbons (Fsp3) is 0.231. The van der Waals surface area contributed by atoms with Gasteiger partial charge in [-0.3, -0.25) is 4.79 Å². The molecule has 100 valence electrons. The molecule has 1 aromatic carbocycles. The summed E-state index contributed by atoms with van der Waals surface area (Å²) in [5.74, 6) is 0.266. The summed E-state index contributed by atoms with van der Waals surface area (Å²) in [5.41, 5.74) is 7.58. The molecule has 19 heavy (non-hydrogen) atoms. The lowest BCUT2D eigenvalue weighted by molar-refractivity contribution is 0.0951. The van der Waals surface area contributed by atoms with E-state index in [0.717, 1.165) is 10.7 Å². The molecular formula is C13H15N3O2S. The van der Waals surface area contributed by atoms with Crippen molar-refractivity contribution >= 4 is 22.9 Å². The molecule has 2 rings (SSSR count). The molecule has 0 spiro atoms. The highest BCUT2D eigenvalue weighted by Crippen LogP contribution is 2.24. The summed E-state index contributed by atoms with van der Waals surface area (Å²) in [6, 6.07) is 5.12. The van der Waals surface area contributed by atoms with Crippen LogP contribution in [0.1, 0.15) is 21.1 Å². The second-order valence-electron chi connectivity index (χ2n) is 3.99. The Bertz CT molecular complexity index is 595.